The molecule has 0 fully saturated rings. The van der Waals surface area contributed by atoms with Gasteiger partial charge in [-0.15, -0.1) is 0 Å². The summed E-state index contributed by atoms with van der Waals surface area (Å²) in [7, 11) is 0. The number of rotatable bonds is 8. The van der Waals surface area contributed by atoms with E-state index >= 15 is 0 Å². The van der Waals surface area contributed by atoms with Crippen LogP contribution >= 0.6 is 0 Å². The molecule has 1 atom stereocenters. The molecule has 1 amide bonds. The van der Waals surface area contributed by atoms with E-state index in [4.69, 9.17) is 14.9 Å². The fourth-order valence-corrected chi connectivity index (χ4v) is 1.64. The quantitative estimate of drug-likeness (QED) is 0.669. The number of ether oxygens (including phenoxy) is 1. The van der Waals surface area contributed by atoms with Crippen molar-refractivity contribution in [3.05, 3.63) is 35.4 Å². The van der Waals surface area contributed by atoms with Crippen molar-refractivity contribution in [2.45, 2.75) is 39.0 Å². The van der Waals surface area contributed by atoms with Gasteiger partial charge < -0.3 is 20.3 Å². The fourth-order valence-electron chi connectivity index (χ4n) is 1.64. The van der Waals surface area contributed by atoms with E-state index in [0.717, 1.165) is 5.56 Å². The first-order chi connectivity index (χ1) is 9.93. The first kappa shape index (κ1) is 17.1. The molecule has 0 saturated heterocycles. The second-order valence-electron chi connectivity index (χ2n) is 4.93. The number of carboxylic acid groups (broad SMARTS) is 1. The van der Waals surface area contributed by atoms with E-state index in [1.165, 1.54) is 0 Å². The molecule has 0 spiro atoms. The predicted octanol–water partition coefficient (Wildman–Crippen LogP) is 1.18. The van der Waals surface area contributed by atoms with E-state index in [1.54, 1.807) is 24.3 Å². The Balaban J connectivity index is 2.63. The first-order valence-corrected chi connectivity index (χ1v) is 6.79. The summed E-state index contributed by atoms with van der Waals surface area (Å²) < 4.78 is 5.45. The van der Waals surface area contributed by atoms with Gasteiger partial charge in [-0.1, -0.05) is 12.1 Å². The van der Waals surface area contributed by atoms with Gasteiger partial charge in [0, 0.05) is 18.6 Å². The van der Waals surface area contributed by atoms with E-state index in [9.17, 15) is 9.59 Å². The van der Waals surface area contributed by atoms with Crippen LogP contribution in [0.4, 0.5) is 0 Å². The Morgan fingerprint density at radius 2 is 1.86 bits per heavy atom. The fraction of sp³-hybridized carbons (Fsp3) is 0.467. The zero-order valence-electron chi connectivity index (χ0n) is 12.2. The van der Waals surface area contributed by atoms with Gasteiger partial charge in [0.2, 0.25) is 0 Å². The van der Waals surface area contributed by atoms with Crippen LogP contribution in [0.1, 0.15) is 36.2 Å². The summed E-state index contributed by atoms with van der Waals surface area (Å²) in [6.07, 6.45) is 0.101. The number of carbonyl (C=O) groups excluding carboxylic acids is 1. The van der Waals surface area contributed by atoms with Crippen LogP contribution in [-0.2, 0) is 16.1 Å². The van der Waals surface area contributed by atoms with Crippen molar-refractivity contribution in [3.8, 4) is 0 Å². The maximum Gasteiger partial charge on any atom is 0.326 e. The summed E-state index contributed by atoms with van der Waals surface area (Å²) in [6, 6.07) is 5.67. The third-order valence-corrected chi connectivity index (χ3v) is 2.82. The van der Waals surface area contributed by atoms with Crippen LogP contribution in [0.5, 0.6) is 0 Å². The van der Waals surface area contributed by atoms with E-state index in [0.29, 0.717) is 12.2 Å². The van der Waals surface area contributed by atoms with Crippen molar-refractivity contribution < 1.29 is 24.5 Å². The Labute approximate surface area is 123 Å². The monoisotopic (exact) mass is 295 g/mol. The number of aliphatic hydroxyl groups is 1. The second-order valence-corrected chi connectivity index (χ2v) is 4.93. The average Bonchev–Trinajstić information content (AvgIpc) is 2.45. The predicted molar refractivity (Wildman–Crippen MR) is 77.0 cm³/mol. The zero-order valence-corrected chi connectivity index (χ0v) is 12.2. The molecule has 6 heteroatoms. The van der Waals surface area contributed by atoms with Gasteiger partial charge in [0.15, 0.2) is 0 Å². The Bertz CT molecular complexity index is 469. The van der Waals surface area contributed by atoms with Crippen molar-refractivity contribution in [2.75, 3.05) is 6.61 Å². The Morgan fingerprint density at radius 1 is 1.24 bits per heavy atom. The minimum atomic E-state index is -1.17. The first-order valence-electron chi connectivity index (χ1n) is 6.79. The molecule has 116 valence electrons. The molecule has 0 radical (unpaired) electrons. The highest BCUT2D eigenvalue weighted by Gasteiger charge is 2.19. The summed E-state index contributed by atoms with van der Waals surface area (Å²) in [5.74, 6) is -1.65. The van der Waals surface area contributed by atoms with Crippen molar-refractivity contribution in [2.24, 2.45) is 0 Å². The van der Waals surface area contributed by atoms with Crippen LogP contribution in [0.25, 0.3) is 0 Å². The molecule has 0 aliphatic heterocycles. The summed E-state index contributed by atoms with van der Waals surface area (Å²) in [6.45, 7) is 4.04. The molecule has 0 aromatic heterocycles. The molecular formula is C15H21NO5. The topological polar surface area (TPSA) is 95.9 Å². The van der Waals surface area contributed by atoms with Crippen LogP contribution in [0.15, 0.2) is 24.3 Å². The third-order valence-electron chi connectivity index (χ3n) is 2.82. The van der Waals surface area contributed by atoms with Crippen molar-refractivity contribution >= 4 is 11.9 Å². The van der Waals surface area contributed by atoms with Gasteiger partial charge >= 0.3 is 5.97 Å². The molecule has 0 saturated carbocycles. The molecule has 1 rings (SSSR count). The molecule has 3 N–H and O–H groups in total. The largest absolute Gasteiger partial charge is 0.480 e. The van der Waals surface area contributed by atoms with Gasteiger partial charge in [0.05, 0.1) is 12.7 Å². The number of aliphatic hydroxyl groups excluding tert-OH is 1. The maximum absolute atomic E-state index is 11.9. The maximum atomic E-state index is 11.9. The van der Waals surface area contributed by atoms with Gasteiger partial charge in [0.25, 0.3) is 5.91 Å². The summed E-state index contributed by atoms with van der Waals surface area (Å²) >= 11 is 0. The molecule has 0 aliphatic rings. The number of hydrogen-bond donors (Lipinski definition) is 3. The SMILES string of the molecule is CC(C)OCc1ccc(C(=O)NC(CCO)C(=O)O)cc1. The molecule has 0 heterocycles. The van der Waals surface area contributed by atoms with E-state index in [1.807, 2.05) is 13.8 Å². The molecule has 1 aromatic carbocycles. The normalized spacial score (nSPS) is 12.2. The molecule has 0 bridgehead atoms. The number of hydrogen-bond acceptors (Lipinski definition) is 4. The van der Waals surface area contributed by atoms with Crippen LogP contribution in [0.2, 0.25) is 0 Å². The van der Waals surface area contributed by atoms with Gasteiger partial charge in [-0.2, -0.15) is 0 Å². The van der Waals surface area contributed by atoms with E-state index < -0.39 is 17.9 Å². The van der Waals surface area contributed by atoms with Crippen molar-refractivity contribution in [3.63, 3.8) is 0 Å². The van der Waals surface area contributed by atoms with Crippen LogP contribution in [0.3, 0.4) is 0 Å². The van der Waals surface area contributed by atoms with Gasteiger partial charge in [0.1, 0.15) is 6.04 Å². The lowest BCUT2D eigenvalue weighted by Gasteiger charge is -2.13. The molecule has 1 aromatic rings. The van der Waals surface area contributed by atoms with Crippen LogP contribution in [-0.4, -0.2) is 40.8 Å². The number of carbonyl (C=O) groups is 2. The summed E-state index contributed by atoms with van der Waals surface area (Å²) in [5.41, 5.74) is 1.30. The Morgan fingerprint density at radius 3 is 2.33 bits per heavy atom. The summed E-state index contributed by atoms with van der Waals surface area (Å²) in [5, 5.41) is 20.1. The van der Waals surface area contributed by atoms with Crippen molar-refractivity contribution in [1.29, 1.82) is 0 Å². The molecule has 21 heavy (non-hydrogen) atoms. The molecule has 1 unspecified atom stereocenters. The highest BCUT2D eigenvalue weighted by molar-refractivity contribution is 5.96. The van der Waals surface area contributed by atoms with E-state index in [-0.39, 0.29) is 19.1 Å². The minimum absolute atomic E-state index is 0.0264. The number of nitrogens with one attached hydrogen (secondary N) is 1. The third kappa shape index (κ3) is 5.93. The highest BCUT2D eigenvalue weighted by Crippen LogP contribution is 2.08. The molecular weight excluding hydrogens is 274 g/mol. The lowest BCUT2D eigenvalue weighted by atomic mass is 10.1. The number of amides is 1. The molecule has 6 nitrogen and oxygen atoms in total. The minimum Gasteiger partial charge on any atom is -0.480 e. The number of carboxylic acids is 1. The van der Waals surface area contributed by atoms with Crippen LogP contribution < -0.4 is 5.32 Å². The second kappa shape index (κ2) is 8.39. The Hall–Kier alpha value is -1.92. The van der Waals surface area contributed by atoms with Crippen molar-refractivity contribution in [1.82, 2.24) is 5.32 Å². The summed E-state index contributed by atoms with van der Waals surface area (Å²) in [4.78, 5) is 22.8. The number of aliphatic carboxylic acids is 1. The molecule has 0 aliphatic carbocycles. The Kier molecular flexibility index (Phi) is 6.84. The van der Waals surface area contributed by atoms with E-state index in [2.05, 4.69) is 5.32 Å². The van der Waals surface area contributed by atoms with Gasteiger partial charge in [-0.25, -0.2) is 4.79 Å². The lowest BCUT2D eigenvalue weighted by molar-refractivity contribution is -0.139. The zero-order chi connectivity index (χ0) is 15.8. The van der Waals surface area contributed by atoms with Gasteiger partial charge in [-0.3, -0.25) is 4.79 Å². The number of benzene rings is 1. The lowest BCUT2D eigenvalue weighted by Crippen LogP contribution is -2.41. The smallest absolute Gasteiger partial charge is 0.326 e. The van der Waals surface area contributed by atoms with Crippen LogP contribution in [0, 0.1) is 0 Å². The average molecular weight is 295 g/mol. The highest BCUT2D eigenvalue weighted by atomic mass is 16.5. The standard InChI is InChI=1S/C15H21NO5/c1-10(2)21-9-11-3-5-12(6-4-11)14(18)16-13(7-8-17)15(19)20/h3-6,10,13,17H,7-9H2,1-2H3,(H,16,18)(H,19,20). The van der Waals surface area contributed by atoms with Gasteiger partial charge in [-0.05, 0) is 31.5 Å².